The normalized spacial score (nSPS) is 8.70. The third-order valence-electron chi connectivity index (χ3n) is 5.31. The number of fused-ring (bicyclic) bond motifs is 2. The minimum absolute atomic E-state index is 0. The quantitative estimate of drug-likeness (QED) is 0.252. The summed E-state index contributed by atoms with van der Waals surface area (Å²) < 4.78 is 0. The number of phenols is 2. The molecule has 2 N–H and O–H groups in total. The Kier molecular flexibility index (Phi) is 19.8. The van der Waals surface area contributed by atoms with Crippen LogP contribution in [0, 0.1) is 0 Å². The molecule has 0 saturated heterocycles. The zero-order chi connectivity index (χ0) is 22.8. The van der Waals surface area contributed by atoms with Gasteiger partial charge in [-0.3, -0.25) is 0 Å². The molecule has 0 bridgehead atoms. The van der Waals surface area contributed by atoms with E-state index in [0.29, 0.717) is 11.5 Å². The SMILES string of the molecule is C.C.C.C.C.CCc1ccc(CC)cc1.Oc1ccc2ccccc2c1.Oc1ccc2ccccc2c1. The maximum Gasteiger partial charge on any atom is 0.116 e. The van der Waals surface area contributed by atoms with E-state index < -0.39 is 0 Å². The lowest BCUT2D eigenvalue weighted by molar-refractivity contribution is 0.475. The molecular formula is C35H50O2. The second-order valence-corrected chi connectivity index (χ2v) is 7.59. The van der Waals surface area contributed by atoms with Crippen LogP contribution in [-0.4, -0.2) is 10.2 Å². The summed E-state index contributed by atoms with van der Waals surface area (Å²) in [6, 6.07) is 35.5. The molecule has 0 saturated carbocycles. The largest absolute Gasteiger partial charge is 0.508 e. The lowest BCUT2D eigenvalue weighted by Crippen LogP contribution is -1.81. The molecule has 2 heteroatoms. The third kappa shape index (κ3) is 11.7. The van der Waals surface area contributed by atoms with Crippen molar-refractivity contribution in [2.24, 2.45) is 0 Å². The van der Waals surface area contributed by atoms with Crippen LogP contribution in [0.5, 0.6) is 11.5 Å². The molecule has 0 unspecified atom stereocenters. The number of phenolic OH excluding ortho intramolecular Hbond substituents is 2. The average molecular weight is 503 g/mol. The van der Waals surface area contributed by atoms with Crippen LogP contribution in [0.4, 0.5) is 0 Å². The zero-order valence-electron chi connectivity index (χ0n) is 18.7. The van der Waals surface area contributed by atoms with Crippen molar-refractivity contribution in [2.75, 3.05) is 0 Å². The first-order valence-corrected chi connectivity index (χ1v) is 11.0. The van der Waals surface area contributed by atoms with Crippen molar-refractivity contribution >= 4 is 21.5 Å². The molecule has 0 spiro atoms. The number of benzene rings is 5. The molecule has 0 heterocycles. The fraction of sp³-hybridized carbons (Fsp3) is 0.257. The number of hydrogen-bond donors (Lipinski definition) is 2. The van der Waals surface area contributed by atoms with Gasteiger partial charge in [0.25, 0.3) is 0 Å². The first-order valence-electron chi connectivity index (χ1n) is 11.0. The van der Waals surface area contributed by atoms with Crippen LogP contribution in [-0.2, 0) is 12.8 Å². The number of hydrogen-bond acceptors (Lipinski definition) is 2. The Balaban J connectivity index is -0.000000440. The van der Waals surface area contributed by atoms with E-state index in [4.69, 9.17) is 10.2 Å². The van der Waals surface area contributed by atoms with Gasteiger partial charge in [0.15, 0.2) is 0 Å². The lowest BCUT2D eigenvalue weighted by atomic mass is 10.1. The Bertz CT molecular complexity index is 1160. The van der Waals surface area contributed by atoms with Gasteiger partial charge in [-0.05, 0) is 69.8 Å². The second-order valence-electron chi connectivity index (χ2n) is 7.59. The van der Waals surface area contributed by atoms with Crippen LogP contribution in [0.3, 0.4) is 0 Å². The maximum atomic E-state index is 9.13. The van der Waals surface area contributed by atoms with E-state index in [0.717, 1.165) is 34.4 Å². The standard InChI is InChI=1S/2C10H8O.C10H14.5CH4/c2*11-10-6-5-8-3-1-2-4-9(8)7-10;1-3-9-5-7-10(4-2)8-6-9;;;;;/h2*1-7,11H;5-8H,3-4H2,1-2H3;5*1H4. The minimum atomic E-state index is 0. The van der Waals surface area contributed by atoms with Gasteiger partial charge in [-0.25, -0.2) is 0 Å². The summed E-state index contributed by atoms with van der Waals surface area (Å²) >= 11 is 0. The van der Waals surface area contributed by atoms with E-state index in [1.165, 1.54) is 11.1 Å². The monoisotopic (exact) mass is 502 g/mol. The van der Waals surface area contributed by atoms with Gasteiger partial charge < -0.3 is 10.2 Å². The highest BCUT2D eigenvalue weighted by Crippen LogP contribution is 2.19. The molecule has 202 valence electrons. The van der Waals surface area contributed by atoms with Crippen LogP contribution in [0.2, 0.25) is 0 Å². The molecule has 5 rings (SSSR count). The first-order chi connectivity index (χ1) is 15.6. The highest BCUT2D eigenvalue weighted by molar-refractivity contribution is 5.84. The van der Waals surface area contributed by atoms with Gasteiger partial charge in [0.05, 0.1) is 0 Å². The zero-order valence-corrected chi connectivity index (χ0v) is 18.7. The Morgan fingerprint density at radius 2 is 0.703 bits per heavy atom. The van der Waals surface area contributed by atoms with Gasteiger partial charge in [0.2, 0.25) is 0 Å². The summed E-state index contributed by atoms with van der Waals surface area (Å²) in [7, 11) is 0. The summed E-state index contributed by atoms with van der Waals surface area (Å²) in [6.45, 7) is 4.36. The molecule has 5 aromatic rings. The van der Waals surface area contributed by atoms with Crippen molar-refractivity contribution in [1.29, 1.82) is 0 Å². The summed E-state index contributed by atoms with van der Waals surface area (Å²) in [5.74, 6) is 0.646. The van der Waals surface area contributed by atoms with Gasteiger partial charge in [-0.1, -0.05) is 136 Å². The van der Waals surface area contributed by atoms with Gasteiger partial charge in [-0.2, -0.15) is 0 Å². The van der Waals surface area contributed by atoms with Crippen LogP contribution in [0.25, 0.3) is 21.5 Å². The number of aryl methyl sites for hydroxylation is 2. The Labute approximate surface area is 227 Å². The second kappa shape index (κ2) is 19.4. The molecule has 0 aliphatic carbocycles. The van der Waals surface area contributed by atoms with E-state index in [1.54, 1.807) is 24.3 Å². The topological polar surface area (TPSA) is 40.5 Å². The summed E-state index contributed by atoms with van der Waals surface area (Å²) in [5.41, 5.74) is 2.86. The highest BCUT2D eigenvalue weighted by atomic mass is 16.3. The third-order valence-corrected chi connectivity index (χ3v) is 5.31. The fourth-order valence-electron chi connectivity index (χ4n) is 3.36. The smallest absolute Gasteiger partial charge is 0.116 e. The highest BCUT2D eigenvalue weighted by Gasteiger charge is 1.92. The maximum absolute atomic E-state index is 9.13. The molecule has 0 aromatic heterocycles. The van der Waals surface area contributed by atoms with Crippen molar-refractivity contribution < 1.29 is 10.2 Å². The van der Waals surface area contributed by atoms with Gasteiger partial charge in [0, 0.05) is 0 Å². The Morgan fingerprint density at radius 1 is 0.405 bits per heavy atom. The minimum Gasteiger partial charge on any atom is -0.508 e. The Hall–Kier alpha value is -3.78. The van der Waals surface area contributed by atoms with Gasteiger partial charge in [0.1, 0.15) is 11.5 Å². The Morgan fingerprint density at radius 3 is 1.00 bits per heavy atom. The molecule has 0 aliphatic heterocycles. The van der Waals surface area contributed by atoms with Crippen LogP contribution < -0.4 is 0 Å². The van der Waals surface area contributed by atoms with Crippen LogP contribution in [0.15, 0.2) is 109 Å². The average Bonchev–Trinajstić information content (AvgIpc) is 2.84. The van der Waals surface area contributed by atoms with Crippen molar-refractivity contribution in [2.45, 2.75) is 63.8 Å². The van der Waals surface area contributed by atoms with Crippen molar-refractivity contribution in [3.05, 3.63) is 120 Å². The predicted molar refractivity (Wildman–Crippen MR) is 170 cm³/mol. The van der Waals surface area contributed by atoms with E-state index in [2.05, 4.69) is 38.1 Å². The van der Waals surface area contributed by atoms with E-state index in [9.17, 15) is 0 Å². The van der Waals surface area contributed by atoms with Crippen LogP contribution in [0.1, 0.15) is 62.1 Å². The summed E-state index contributed by atoms with van der Waals surface area (Å²) in [4.78, 5) is 0. The fourth-order valence-corrected chi connectivity index (χ4v) is 3.36. The van der Waals surface area contributed by atoms with Crippen molar-refractivity contribution in [1.82, 2.24) is 0 Å². The van der Waals surface area contributed by atoms with Crippen LogP contribution >= 0.6 is 0 Å². The first kappa shape index (κ1) is 37.8. The lowest BCUT2D eigenvalue weighted by Gasteiger charge is -1.97. The molecular weight excluding hydrogens is 452 g/mol. The molecule has 0 fully saturated rings. The molecule has 0 amide bonds. The van der Waals surface area contributed by atoms with Gasteiger partial charge in [-0.15, -0.1) is 0 Å². The number of aromatic hydroxyl groups is 2. The molecule has 37 heavy (non-hydrogen) atoms. The van der Waals surface area contributed by atoms with Crippen molar-refractivity contribution in [3.63, 3.8) is 0 Å². The van der Waals surface area contributed by atoms with Gasteiger partial charge >= 0.3 is 0 Å². The van der Waals surface area contributed by atoms with E-state index >= 15 is 0 Å². The summed E-state index contributed by atoms with van der Waals surface area (Å²) in [6.07, 6.45) is 2.29. The van der Waals surface area contributed by atoms with Crippen molar-refractivity contribution in [3.8, 4) is 11.5 Å². The molecule has 5 aromatic carbocycles. The predicted octanol–water partition coefficient (Wildman–Crippen LogP) is 11.1. The molecule has 0 aliphatic rings. The molecule has 0 atom stereocenters. The summed E-state index contributed by atoms with van der Waals surface area (Å²) in [5, 5.41) is 22.7. The molecule has 2 nitrogen and oxygen atoms in total. The van der Waals surface area contributed by atoms with E-state index in [-0.39, 0.29) is 37.1 Å². The molecule has 0 radical (unpaired) electrons. The van der Waals surface area contributed by atoms with E-state index in [1.807, 2.05) is 60.7 Å². The number of rotatable bonds is 2.